The first-order valence-electron chi connectivity index (χ1n) is 9.24. The zero-order valence-corrected chi connectivity index (χ0v) is 15.3. The summed E-state index contributed by atoms with van der Waals surface area (Å²) in [5, 5.41) is 9.35. The number of likely N-dealkylation sites (tertiary alicyclic amines) is 1. The maximum absolute atomic E-state index is 12.9. The summed E-state index contributed by atoms with van der Waals surface area (Å²) in [6, 6.07) is 9.33. The van der Waals surface area contributed by atoms with Crippen LogP contribution < -0.4 is 4.74 Å². The van der Waals surface area contributed by atoms with Crippen molar-refractivity contribution in [1.82, 2.24) is 9.88 Å². The van der Waals surface area contributed by atoms with Crippen LogP contribution in [0.1, 0.15) is 30.1 Å². The number of benzene rings is 1. The SMILES string of the molecule is C[C@@]12C[C@@H](Oc3ccc(F)nc3)C[C@@H]1CN(CC(=O)c1ccc(O)cc1)C2. The van der Waals surface area contributed by atoms with Crippen molar-refractivity contribution in [3.05, 3.63) is 54.1 Å². The molecule has 4 rings (SSSR count). The molecule has 142 valence electrons. The van der Waals surface area contributed by atoms with Gasteiger partial charge in [0.1, 0.15) is 11.5 Å². The van der Waals surface area contributed by atoms with Gasteiger partial charge in [-0.2, -0.15) is 4.39 Å². The van der Waals surface area contributed by atoms with Crippen LogP contribution in [0.4, 0.5) is 4.39 Å². The van der Waals surface area contributed by atoms with Crippen LogP contribution in [0.3, 0.4) is 0 Å². The number of hydrogen-bond donors (Lipinski definition) is 1. The number of aromatic nitrogens is 1. The molecule has 2 fully saturated rings. The maximum atomic E-state index is 12.9. The molecule has 1 N–H and O–H groups in total. The van der Waals surface area contributed by atoms with E-state index < -0.39 is 5.95 Å². The zero-order chi connectivity index (χ0) is 19.0. The molecular weight excluding hydrogens is 347 g/mol. The van der Waals surface area contributed by atoms with Gasteiger partial charge in [0, 0.05) is 18.7 Å². The second-order valence-electron chi connectivity index (χ2n) is 7.99. The van der Waals surface area contributed by atoms with Crippen LogP contribution in [0.2, 0.25) is 0 Å². The Morgan fingerprint density at radius 3 is 2.78 bits per heavy atom. The summed E-state index contributed by atoms with van der Waals surface area (Å²) in [6.45, 7) is 4.39. The first-order valence-corrected chi connectivity index (χ1v) is 9.24. The monoisotopic (exact) mass is 370 g/mol. The van der Waals surface area contributed by atoms with Gasteiger partial charge in [0.25, 0.3) is 0 Å². The fourth-order valence-corrected chi connectivity index (χ4v) is 4.52. The highest BCUT2D eigenvalue weighted by Crippen LogP contribution is 2.49. The van der Waals surface area contributed by atoms with Crippen molar-refractivity contribution >= 4 is 5.78 Å². The molecule has 0 amide bonds. The van der Waals surface area contributed by atoms with Crippen molar-refractivity contribution in [2.45, 2.75) is 25.9 Å². The van der Waals surface area contributed by atoms with E-state index in [1.807, 2.05) is 0 Å². The Bertz CT molecular complexity index is 824. The lowest BCUT2D eigenvalue weighted by atomic mass is 9.83. The Balaban J connectivity index is 1.34. The third kappa shape index (κ3) is 3.81. The van der Waals surface area contributed by atoms with Gasteiger partial charge in [-0.15, -0.1) is 0 Å². The molecule has 5 nitrogen and oxygen atoms in total. The van der Waals surface area contributed by atoms with Crippen LogP contribution in [0.25, 0.3) is 0 Å². The average molecular weight is 370 g/mol. The summed E-state index contributed by atoms with van der Waals surface area (Å²) in [6.07, 6.45) is 3.37. The molecule has 1 saturated carbocycles. The number of fused-ring (bicyclic) bond motifs is 1. The van der Waals surface area contributed by atoms with E-state index >= 15 is 0 Å². The Morgan fingerprint density at radius 1 is 1.33 bits per heavy atom. The molecule has 1 aliphatic carbocycles. The maximum Gasteiger partial charge on any atom is 0.213 e. The van der Waals surface area contributed by atoms with Crippen LogP contribution in [0.5, 0.6) is 11.5 Å². The number of hydrogen-bond acceptors (Lipinski definition) is 5. The van der Waals surface area contributed by atoms with Crippen LogP contribution in [0.15, 0.2) is 42.6 Å². The number of phenols is 1. The smallest absolute Gasteiger partial charge is 0.213 e. The molecule has 3 atom stereocenters. The number of carbonyl (C=O) groups excluding carboxylic acids is 1. The number of ketones is 1. The molecular formula is C21H23FN2O3. The topological polar surface area (TPSA) is 62.7 Å². The normalized spacial score (nSPS) is 27.5. The number of pyridine rings is 1. The molecule has 0 radical (unpaired) electrons. The minimum Gasteiger partial charge on any atom is -0.508 e. The van der Waals surface area contributed by atoms with Gasteiger partial charge in [-0.3, -0.25) is 9.69 Å². The van der Waals surface area contributed by atoms with Gasteiger partial charge in [0.15, 0.2) is 5.78 Å². The van der Waals surface area contributed by atoms with Gasteiger partial charge in [-0.25, -0.2) is 4.98 Å². The second kappa shape index (κ2) is 6.93. The van der Waals surface area contributed by atoms with Crippen molar-refractivity contribution < 1.29 is 19.0 Å². The van der Waals surface area contributed by atoms with E-state index in [2.05, 4.69) is 16.8 Å². The Kier molecular flexibility index (Phi) is 4.60. The molecule has 2 aromatic rings. The number of phenolic OH excluding ortho intramolecular Hbond substituents is 1. The van der Waals surface area contributed by atoms with Gasteiger partial charge in [0.05, 0.1) is 18.8 Å². The summed E-state index contributed by atoms with van der Waals surface area (Å²) in [4.78, 5) is 18.3. The number of nitrogens with zero attached hydrogens (tertiary/aromatic N) is 2. The molecule has 1 aromatic heterocycles. The minimum atomic E-state index is -0.508. The quantitative estimate of drug-likeness (QED) is 0.646. The lowest BCUT2D eigenvalue weighted by molar-refractivity contribution is 0.0931. The number of Topliss-reactive ketones (excluding diaryl/α,β-unsaturated/α-hetero) is 1. The number of carbonyl (C=O) groups is 1. The van der Waals surface area contributed by atoms with Crippen molar-refractivity contribution in [2.24, 2.45) is 11.3 Å². The van der Waals surface area contributed by atoms with Gasteiger partial charge in [-0.05, 0) is 60.6 Å². The predicted molar refractivity (Wildman–Crippen MR) is 98.3 cm³/mol. The lowest BCUT2D eigenvalue weighted by Crippen LogP contribution is -2.31. The van der Waals surface area contributed by atoms with Crippen LogP contribution in [-0.2, 0) is 0 Å². The van der Waals surface area contributed by atoms with Crippen LogP contribution in [0, 0.1) is 17.3 Å². The molecule has 0 bridgehead atoms. The molecule has 1 aromatic carbocycles. The first-order chi connectivity index (χ1) is 12.9. The van der Waals surface area contributed by atoms with E-state index in [0.717, 1.165) is 25.9 Å². The highest BCUT2D eigenvalue weighted by Gasteiger charge is 2.50. The third-order valence-corrected chi connectivity index (χ3v) is 5.85. The third-order valence-electron chi connectivity index (χ3n) is 5.85. The van der Waals surface area contributed by atoms with Crippen molar-refractivity contribution in [3.63, 3.8) is 0 Å². The van der Waals surface area contributed by atoms with Gasteiger partial charge >= 0.3 is 0 Å². The van der Waals surface area contributed by atoms with E-state index in [9.17, 15) is 14.3 Å². The van der Waals surface area contributed by atoms with E-state index in [-0.39, 0.29) is 23.1 Å². The van der Waals surface area contributed by atoms with E-state index in [0.29, 0.717) is 23.8 Å². The lowest BCUT2D eigenvalue weighted by Gasteiger charge is -2.24. The summed E-state index contributed by atoms with van der Waals surface area (Å²) >= 11 is 0. The Hall–Kier alpha value is -2.47. The van der Waals surface area contributed by atoms with Crippen LogP contribution >= 0.6 is 0 Å². The molecule has 1 aliphatic heterocycles. The summed E-state index contributed by atoms with van der Waals surface area (Å²) in [5.41, 5.74) is 0.743. The number of ether oxygens (including phenoxy) is 1. The summed E-state index contributed by atoms with van der Waals surface area (Å²) in [5.74, 6) is 0.806. The standard InChI is InChI=1S/C21H23FN2O3/c1-21-9-18(27-17-6-7-20(22)23-10-17)8-15(21)11-24(13-21)12-19(26)14-2-4-16(25)5-3-14/h2-7,10,15,18,25H,8-9,11-13H2,1H3/t15-,18+,21+/m1/s1. The molecule has 2 heterocycles. The van der Waals surface area contributed by atoms with Crippen molar-refractivity contribution in [1.29, 1.82) is 0 Å². The fraction of sp³-hybridized carbons (Fsp3) is 0.429. The number of rotatable bonds is 5. The summed E-state index contributed by atoms with van der Waals surface area (Å²) < 4.78 is 18.9. The molecule has 6 heteroatoms. The molecule has 2 aliphatic rings. The number of halogens is 1. The highest BCUT2D eigenvalue weighted by molar-refractivity contribution is 5.97. The Morgan fingerprint density at radius 2 is 2.11 bits per heavy atom. The second-order valence-corrected chi connectivity index (χ2v) is 7.99. The van der Waals surface area contributed by atoms with Gasteiger partial charge in [0.2, 0.25) is 5.95 Å². The fourth-order valence-electron chi connectivity index (χ4n) is 4.52. The Labute approximate surface area is 157 Å². The van der Waals surface area contributed by atoms with Crippen molar-refractivity contribution in [2.75, 3.05) is 19.6 Å². The minimum absolute atomic E-state index is 0.0729. The highest BCUT2D eigenvalue weighted by atomic mass is 19.1. The summed E-state index contributed by atoms with van der Waals surface area (Å²) in [7, 11) is 0. The van der Waals surface area contributed by atoms with Crippen LogP contribution in [-0.4, -0.2) is 46.5 Å². The molecule has 0 unspecified atom stereocenters. The van der Waals surface area contributed by atoms with Gasteiger partial charge < -0.3 is 9.84 Å². The van der Waals surface area contributed by atoms with Crippen molar-refractivity contribution in [3.8, 4) is 11.5 Å². The average Bonchev–Trinajstić information content (AvgIpc) is 3.07. The van der Waals surface area contributed by atoms with Gasteiger partial charge in [-0.1, -0.05) is 6.92 Å². The molecule has 27 heavy (non-hydrogen) atoms. The largest absolute Gasteiger partial charge is 0.508 e. The predicted octanol–water partition coefficient (Wildman–Crippen LogP) is 3.29. The molecule has 0 spiro atoms. The zero-order valence-electron chi connectivity index (χ0n) is 15.3. The first kappa shape index (κ1) is 17.9. The molecule has 1 saturated heterocycles. The van der Waals surface area contributed by atoms with E-state index in [4.69, 9.17) is 4.74 Å². The van der Waals surface area contributed by atoms with E-state index in [1.165, 1.54) is 12.3 Å². The van der Waals surface area contributed by atoms with E-state index in [1.54, 1.807) is 30.3 Å². The number of aromatic hydroxyl groups is 1.